The molecule has 5 heteroatoms. The van der Waals surface area contributed by atoms with Gasteiger partial charge in [0.1, 0.15) is 0 Å². The Morgan fingerprint density at radius 2 is 1.89 bits per heavy atom. The highest BCUT2D eigenvalue weighted by atomic mass is 32.2. The Hall–Kier alpha value is -0.420. The van der Waals surface area contributed by atoms with Crippen molar-refractivity contribution in [1.82, 2.24) is 10.6 Å². The minimum Gasteiger partial charge on any atom is -0.355 e. The normalized spacial score (nSPS) is 26.0. The van der Waals surface area contributed by atoms with Gasteiger partial charge < -0.3 is 10.6 Å². The number of rotatable bonds is 6. The summed E-state index contributed by atoms with van der Waals surface area (Å²) < 4.78 is 11.2. The zero-order valence-electron chi connectivity index (χ0n) is 11.7. The summed E-state index contributed by atoms with van der Waals surface area (Å²) >= 11 is 0. The van der Waals surface area contributed by atoms with E-state index in [0.717, 1.165) is 37.3 Å². The average Bonchev–Trinajstić information content (AvgIpc) is 2.31. The van der Waals surface area contributed by atoms with Crippen molar-refractivity contribution in [3.8, 4) is 0 Å². The van der Waals surface area contributed by atoms with Crippen LogP contribution in [0.25, 0.3) is 0 Å². The van der Waals surface area contributed by atoms with Crippen molar-refractivity contribution in [1.29, 1.82) is 0 Å². The lowest BCUT2D eigenvalue weighted by Gasteiger charge is -2.25. The van der Waals surface area contributed by atoms with Crippen LogP contribution in [-0.4, -0.2) is 40.3 Å². The van der Waals surface area contributed by atoms with Gasteiger partial charge in [0.25, 0.3) is 0 Å². The lowest BCUT2D eigenvalue weighted by atomic mass is 10.1. The number of hydrogen-bond donors (Lipinski definition) is 2. The van der Waals surface area contributed by atoms with E-state index in [1.165, 1.54) is 0 Å². The van der Waals surface area contributed by atoms with Crippen molar-refractivity contribution < 1.29 is 9.00 Å². The zero-order chi connectivity index (χ0) is 13.5. The second kappa shape index (κ2) is 7.89. The largest absolute Gasteiger partial charge is 0.355 e. The molecule has 1 heterocycles. The maximum absolute atomic E-state index is 11.8. The summed E-state index contributed by atoms with van der Waals surface area (Å²) in [6.45, 7) is 6.94. The van der Waals surface area contributed by atoms with Gasteiger partial charge in [0.05, 0.1) is 6.04 Å². The first-order valence-electron chi connectivity index (χ1n) is 6.87. The van der Waals surface area contributed by atoms with E-state index in [4.69, 9.17) is 0 Å². The van der Waals surface area contributed by atoms with E-state index >= 15 is 0 Å². The second-order valence-electron chi connectivity index (χ2n) is 5.48. The maximum Gasteiger partial charge on any atom is 0.236 e. The van der Waals surface area contributed by atoms with Crippen LogP contribution >= 0.6 is 0 Å². The van der Waals surface area contributed by atoms with Gasteiger partial charge in [-0.15, -0.1) is 0 Å². The summed E-state index contributed by atoms with van der Waals surface area (Å²) in [5.74, 6) is 2.21. The number of nitrogens with one attached hydrogen (secondary N) is 2. The lowest BCUT2D eigenvalue weighted by molar-refractivity contribution is -0.123. The van der Waals surface area contributed by atoms with Crippen LogP contribution in [0.5, 0.6) is 0 Å². The zero-order valence-corrected chi connectivity index (χ0v) is 12.5. The number of carbonyl (C=O) groups is 1. The molecule has 1 fully saturated rings. The van der Waals surface area contributed by atoms with Crippen LogP contribution in [0.3, 0.4) is 0 Å². The Bertz CT molecular complexity index is 285. The van der Waals surface area contributed by atoms with E-state index in [1.807, 2.05) is 6.92 Å². The highest BCUT2D eigenvalue weighted by Gasteiger charge is 2.21. The molecule has 0 aromatic carbocycles. The van der Waals surface area contributed by atoms with E-state index in [1.54, 1.807) is 0 Å². The summed E-state index contributed by atoms with van der Waals surface area (Å²) in [5.41, 5.74) is 0. The van der Waals surface area contributed by atoms with Gasteiger partial charge in [0.15, 0.2) is 0 Å². The minimum absolute atomic E-state index is 0.0716. The molecule has 18 heavy (non-hydrogen) atoms. The SMILES string of the molecule is CC(C)CCNC(=O)C(C)NC1CCS(=O)CC1. The molecule has 0 radical (unpaired) electrons. The highest BCUT2D eigenvalue weighted by molar-refractivity contribution is 7.85. The topological polar surface area (TPSA) is 58.2 Å². The molecule has 1 saturated heterocycles. The van der Waals surface area contributed by atoms with Gasteiger partial charge >= 0.3 is 0 Å². The van der Waals surface area contributed by atoms with Crippen LogP contribution in [0.2, 0.25) is 0 Å². The molecule has 4 nitrogen and oxygen atoms in total. The molecule has 0 aromatic rings. The van der Waals surface area contributed by atoms with Gasteiger partial charge in [0.2, 0.25) is 5.91 Å². The van der Waals surface area contributed by atoms with Crippen LogP contribution in [0.15, 0.2) is 0 Å². The van der Waals surface area contributed by atoms with Crippen LogP contribution < -0.4 is 10.6 Å². The fraction of sp³-hybridized carbons (Fsp3) is 0.923. The fourth-order valence-corrected chi connectivity index (χ4v) is 3.33. The predicted octanol–water partition coefficient (Wildman–Crippen LogP) is 1.04. The molecule has 1 amide bonds. The van der Waals surface area contributed by atoms with E-state index in [0.29, 0.717) is 12.0 Å². The molecule has 1 aliphatic rings. The van der Waals surface area contributed by atoms with Gasteiger partial charge in [-0.25, -0.2) is 0 Å². The van der Waals surface area contributed by atoms with Crippen molar-refractivity contribution in [3.05, 3.63) is 0 Å². The standard InChI is InChI=1S/C13H26N2O2S/c1-10(2)4-7-14-13(16)11(3)15-12-5-8-18(17)9-6-12/h10-12,15H,4-9H2,1-3H3,(H,14,16). The van der Waals surface area contributed by atoms with E-state index in [-0.39, 0.29) is 11.9 Å². The van der Waals surface area contributed by atoms with Crippen LogP contribution in [0.1, 0.15) is 40.0 Å². The first-order chi connectivity index (χ1) is 8.49. The lowest BCUT2D eigenvalue weighted by Crippen LogP contribution is -2.48. The molecular formula is C13H26N2O2S. The Morgan fingerprint density at radius 1 is 1.28 bits per heavy atom. The number of amides is 1. The first kappa shape index (κ1) is 15.6. The van der Waals surface area contributed by atoms with Crippen LogP contribution in [0, 0.1) is 5.92 Å². The molecular weight excluding hydrogens is 248 g/mol. The Labute approximate surface area is 113 Å². The maximum atomic E-state index is 11.8. The quantitative estimate of drug-likeness (QED) is 0.761. The van der Waals surface area contributed by atoms with E-state index in [2.05, 4.69) is 24.5 Å². The van der Waals surface area contributed by atoms with Gasteiger partial charge in [-0.05, 0) is 32.1 Å². The average molecular weight is 274 g/mol. The molecule has 1 aliphatic heterocycles. The fourth-order valence-electron chi connectivity index (χ4n) is 2.03. The Morgan fingerprint density at radius 3 is 2.44 bits per heavy atom. The highest BCUT2D eigenvalue weighted by Crippen LogP contribution is 2.09. The number of carbonyl (C=O) groups excluding carboxylic acids is 1. The second-order valence-corrected chi connectivity index (χ2v) is 7.18. The third-order valence-corrected chi connectivity index (χ3v) is 4.67. The van der Waals surface area contributed by atoms with Crippen molar-refractivity contribution >= 4 is 16.7 Å². The van der Waals surface area contributed by atoms with Crippen molar-refractivity contribution in [2.75, 3.05) is 18.1 Å². The summed E-state index contributed by atoms with van der Waals surface area (Å²) in [5, 5.41) is 6.28. The Balaban J connectivity index is 2.20. The van der Waals surface area contributed by atoms with Crippen LogP contribution in [-0.2, 0) is 15.6 Å². The van der Waals surface area contributed by atoms with Crippen molar-refractivity contribution in [3.63, 3.8) is 0 Å². The predicted molar refractivity (Wildman–Crippen MR) is 76.0 cm³/mol. The van der Waals surface area contributed by atoms with Crippen molar-refractivity contribution in [2.24, 2.45) is 5.92 Å². The van der Waals surface area contributed by atoms with E-state index in [9.17, 15) is 9.00 Å². The van der Waals surface area contributed by atoms with E-state index < -0.39 is 10.8 Å². The molecule has 0 aromatic heterocycles. The number of hydrogen-bond acceptors (Lipinski definition) is 3. The van der Waals surface area contributed by atoms with Gasteiger partial charge in [-0.2, -0.15) is 0 Å². The van der Waals surface area contributed by atoms with Crippen molar-refractivity contribution in [2.45, 2.75) is 52.1 Å². The molecule has 1 unspecified atom stereocenters. The molecule has 0 saturated carbocycles. The molecule has 0 aliphatic carbocycles. The summed E-state index contributed by atoms with van der Waals surface area (Å²) in [6, 6.07) is 0.183. The molecule has 1 atom stereocenters. The molecule has 2 N–H and O–H groups in total. The third-order valence-electron chi connectivity index (χ3n) is 3.29. The monoisotopic (exact) mass is 274 g/mol. The van der Waals surface area contributed by atoms with Crippen LogP contribution in [0.4, 0.5) is 0 Å². The smallest absolute Gasteiger partial charge is 0.236 e. The van der Waals surface area contributed by atoms with Gasteiger partial charge in [0, 0.05) is 34.9 Å². The summed E-state index contributed by atoms with van der Waals surface area (Å²) in [7, 11) is -0.637. The summed E-state index contributed by atoms with van der Waals surface area (Å²) in [4.78, 5) is 11.8. The molecule has 106 valence electrons. The summed E-state index contributed by atoms with van der Waals surface area (Å²) in [6.07, 6.45) is 2.84. The molecule has 0 spiro atoms. The minimum atomic E-state index is -0.637. The Kier molecular flexibility index (Phi) is 6.86. The molecule has 0 bridgehead atoms. The molecule has 1 rings (SSSR count). The first-order valence-corrected chi connectivity index (χ1v) is 8.36. The van der Waals surface area contributed by atoms with Gasteiger partial charge in [-0.3, -0.25) is 9.00 Å². The third kappa shape index (κ3) is 5.96. The van der Waals surface area contributed by atoms with Gasteiger partial charge in [-0.1, -0.05) is 13.8 Å².